The smallest absolute Gasteiger partial charge is 0.339 e. The van der Waals surface area contributed by atoms with Crippen LogP contribution in [0.25, 0.3) is 10.4 Å². The predicted octanol–water partition coefficient (Wildman–Crippen LogP) is 4.68. The Morgan fingerprint density at radius 3 is 2.57 bits per heavy atom. The molecule has 0 radical (unpaired) electrons. The number of anilines is 1. The summed E-state index contributed by atoms with van der Waals surface area (Å²) in [5.41, 5.74) is 0.983. The second-order valence-electron chi connectivity index (χ2n) is 6.29. The van der Waals surface area contributed by atoms with E-state index in [1.807, 2.05) is 12.2 Å². The Bertz CT molecular complexity index is 993. The van der Waals surface area contributed by atoms with E-state index < -0.39 is 18.0 Å². The normalized spacial score (nSPS) is 18.1. The average Bonchev–Trinajstić information content (AvgIpc) is 3.12. The Hall–Kier alpha value is -2.77. The van der Waals surface area contributed by atoms with Crippen molar-refractivity contribution in [1.82, 2.24) is 0 Å². The van der Waals surface area contributed by atoms with Gasteiger partial charge in [-0.25, -0.2) is 4.79 Å². The van der Waals surface area contributed by atoms with Crippen molar-refractivity contribution in [3.8, 4) is 10.4 Å². The Balaban J connectivity index is 1.55. The summed E-state index contributed by atoms with van der Waals surface area (Å²) in [6.07, 6.45) is 4.68. The third-order valence-corrected chi connectivity index (χ3v) is 5.67. The third kappa shape index (κ3) is 3.63. The number of allylic oxidation sites excluding steroid dienone is 2. The largest absolute Gasteiger partial charge is 0.486 e. The van der Waals surface area contributed by atoms with Crippen LogP contribution in [-0.4, -0.2) is 29.7 Å². The van der Waals surface area contributed by atoms with Gasteiger partial charge in [0.15, 0.2) is 11.5 Å². The lowest BCUT2D eigenvalue weighted by Crippen LogP contribution is -2.38. The maximum atomic E-state index is 12.6. The van der Waals surface area contributed by atoms with Crippen LogP contribution in [0.3, 0.4) is 0 Å². The van der Waals surface area contributed by atoms with Crippen molar-refractivity contribution >= 4 is 40.5 Å². The molecule has 1 fully saturated rings. The van der Waals surface area contributed by atoms with Gasteiger partial charge < -0.3 is 19.9 Å². The van der Waals surface area contributed by atoms with E-state index in [4.69, 9.17) is 21.1 Å². The van der Waals surface area contributed by atoms with Gasteiger partial charge in [0.1, 0.15) is 12.2 Å². The monoisotopic (exact) mass is 417 g/mol. The van der Waals surface area contributed by atoms with Gasteiger partial charge in [-0.15, -0.1) is 11.3 Å². The number of benzene rings is 1. The number of rotatable bonds is 4. The minimum absolute atomic E-state index is 0.0369. The number of ether oxygens (including phenoxy) is 2. The molecular weight excluding hydrogens is 402 g/mol. The van der Waals surface area contributed by atoms with Crippen LogP contribution in [0, 0.1) is 0 Å². The van der Waals surface area contributed by atoms with Crippen LogP contribution in [0.15, 0.2) is 53.3 Å². The summed E-state index contributed by atoms with van der Waals surface area (Å²) in [7, 11) is 0. The summed E-state index contributed by atoms with van der Waals surface area (Å²) in [5.74, 6) is -0.360. The molecule has 2 aromatic rings. The van der Waals surface area contributed by atoms with Crippen LogP contribution in [0.4, 0.5) is 5.69 Å². The standard InChI is InChI=1S/C20H16ClNO5S/c21-12-7-5-11(6-8-12)18-17(20(24)25)13(10-28-18)22-19(23)16-9-26-14-3-1-2-4-15(14)27-16/h3-8,10,16H,1-2,9H2,(H,22,23)(H,24,25). The molecule has 6 nitrogen and oxygen atoms in total. The summed E-state index contributed by atoms with van der Waals surface area (Å²) >= 11 is 7.15. The lowest BCUT2D eigenvalue weighted by molar-refractivity contribution is -0.130. The van der Waals surface area contributed by atoms with Gasteiger partial charge in [-0.3, -0.25) is 4.79 Å². The molecule has 1 saturated heterocycles. The number of carboxylic acids is 1. The number of hydrogen-bond acceptors (Lipinski definition) is 5. The minimum Gasteiger partial charge on any atom is -0.486 e. The number of hydrogen-bond donors (Lipinski definition) is 2. The Morgan fingerprint density at radius 1 is 1.14 bits per heavy atom. The van der Waals surface area contributed by atoms with Gasteiger partial charge in [0.05, 0.1) is 10.6 Å². The van der Waals surface area contributed by atoms with Crippen LogP contribution in [0.5, 0.6) is 0 Å². The zero-order valence-corrected chi connectivity index (χ0v) is 16.2. The molecule has 4 rings (SSSR count). The molecule has 2 N–H and O–H groups in total. The molecule has 1 aromatic carbocycles. The van der Waals surface area contributed by atoms with E-state index in [0.717, 1.165) is 12.8 Å². The highest BCUT2D eigenvalue weighted by atomic mass is 35.5. The molecule has 144 valence electrons. The van der Waals surface area contributed by atoms with Gasteiger partial charge in [-0.1, -0.05) is 23.7 Å². The van der Waals surface area contributed by atoms with E-state index in [9.17, 15) is 14.7 Å². The van der Waals surface area contributed by atoms with E-state index in [1.165, 1.54) is 11.3 Å². The van der Waals surface area contributed by atoms with Gasteiger partial charge in [0.2, 0.25) is 6.10 Å². The van der Waals surface area contributed by atoms with Gasteiger partial charge in [0.25, 0.3) is 5.91 Å². The number of thiophene rings is 1. The number of fused-ring (bicyclic) bond motifs is 1. The van der Waals surface area contributed by atoms with Crippen molar-refractivity contribution in [2.75, 3.05) is 11.9 Å². The molecule has 1 amide bonds. The Kier molecular flexibility index (Phi) is 5.11. The molecule has 1 atom stereocenters. The van der Waals surface area contributed by atoms with Crippen molar-refractivity contribution in [3.05, 3.63) is 63.9 Å². The Labute approximate surface area is 170 Å². The first kappa shape index (κ1) is 18.6. The number of amides is 1. The number of carboxylic acid groups (broad SMARTS) is 1. The first-order valence-corrected chi connectivity index (χ1v) is 9.90. The topological polar surface area (TPSA) is 84.9 Å². The van der Waals surface area contributed by atoms with Crippen molar-refractivity contribution in [2.24, 2.45) is 0 Å². The fraction of sp³-hybridized carbons (Fsp3) is 0.200. The van der Waals surface area contributed by atoms with Crippen LogP contribution < -0.4 is 5.32 Å². The molecule has 0 saturated carbocycles. The first-order chi connectivity index (χ1) is 13.5. The number of nitrogens with one attached hydrogen (secondary N) is 1. The quantitative estimate of drug-likeness (QED) is 0.754. The van der Waals surface area contributed by atoms with Crippen LogP contribution >= 0.6 is 22.9 Å². The van der Waals surface area contributed by atoms with Crippen molar-refractivity contribution in [3.63, 3.8) is 0 Å². The average molecular weight is 418 g/mol. The lowest BCUT2D eigenvalue weighted by atomic mass is 10.1. The molecule has 1 unspecified atom stereocenters. The highest BCUT2D eigenvalue weighted by Gasteiger charge is 2.31. The summed E-state index contributed by atoms with van der Waals surface area (Å²) in [4.78, 5) is 25.0. The van der Waals surface area contributed by atoms with Crippen LogP contribution in [0.1, 0.15) is 23.2 Å². The minimum atomic E-state index is -1.12. The lowest BCUT2D eigenvalue weighted by Gasteiger charge is -2.29. The molecule has 2 heterocycles. The summed E-state index contributed by atoms with van der Waals surface area (Å²) in [5, 5.41) is 14.5. The van der Waals surface area contributed by atoms with Crippen LogP contribution in [0.2, 0.25) is 5.02 Å². The maximum absolute atomic E-state index is 12.6. The third-order valence-electron chi connectivity index (χ3n) is 4.39. The fourth-order valence-corrected chi connectivity index (χ4v) is 4.16. The number of aromatic carboxylic acids is 1. The van der Waals surface area contributed by atoms with Crippen molar-refractivity contribution in [1.29, 1.82) is 0 Å². The highest BCUT2D eigenvalue weighted by molar-refractivity contribution is 7.14. The molecular formula is C20H16ClNO5S. The molecule has 1 aromatic heterocycles. The Morgan fingerprint density at radius 2 is 1.86 bits per heavy atom. The van der Waals surface area contributed by atoms with E-state index in [0.29, 0.717) is 27.0 Å². The predicted molar refractivity (Wildman–Crippen MR) is 107 cm³/mol. The van der Waals surface area contributed by atoms with Crippen molar-refractivity contribution < 1.29 is 24.2 Å². The zero-order valence-electron chi connectivity index (χ0n) is 14.6. The van der Waals surface area contributed by atoms with E-state index in [-0.39, 0.29) is 17.9 Å². The molecule has 8 heteroatoms. The zero-order chi connectivity index (χ0) is 19.7. The first-order valence-electron chi connectivity index (χ1n) is 8.64. The van der Waals surface area contributed by atoms with Gasteiger partial charge in [0, 0.05) is 10.4 Å². The highest BCUT2D eigenvalue weighted by Crippen LogP contribution is 2.37. The van der Waals surface area contributed by atoms with Crippen molar-refractivity contribution in [2.45, 2.75) is 18.9 Å². The SMILES string of the molecule is O=C(O)c1c(NC(=O)C2COC3=CCCC=C3O2)csc1-c1ccc(Cl)cc1. The fourth-order valence-electron chi connectivity index (χ4n) is 3.04. The van der Waals surface area contributed by atoms with E-state index in [1.54, 1.807) is 29.6 Å². The molecule has 1 aliphatic heterocycles. The second-order valence-corrected chi connectivity index (χ2v) is 7.60. The molecule has 2 aliphatic rings. The molecule has 1 aliphatic carbocycles. The van der Waals surface area contributed by atoms with E-state index in [2.05, 4.69) is 5.32 Å². The number of carbonyl (C=O) groups is 2. The summed E-state index contributed by atoms with van der Waals surface area (Å²) < 4.78 is 11.3. The van der Waals surface area contributed by atoms with Gasteiger partial charge in [-0.2, -0.15) is 0 Å². The van der Waals surface area contributed by atoms with E-state index >= 15 is 0 Å². The molecule has 0 bridgehead atoms. The number of halogens is 1. The maximum Gasteiger partial charge on any atom is 0.339 e. The summed E-state index contributed by atoms with van der Waals surface area (Å²) in [6, 6.07) is 6.87. The van der Waals surface area contributed by atoms with Gasteiger partial charge in [-0.05, 0) is 42.7 Å². The number of carbonyl (C=O) groups excluding carboxylic acids is 1. The molecule has 28 heavy (non-hydrogen) atoms. The van der Waals surface area contributed by atoms with Crippen LogP contribution in [-0.2, 0) is 14.3 Å². The molecule has 0 spiro atoms. The van der Waals surface area contributed by atoms with Gasteiger partial charge >= 0.3 is 5.97 Å². The second kappa shape index (κ2) is 7.69. The summed E-state index contributed by atoms with van der Waals surface area (Å²) in [6.45, 7) is 0.0750.